The van der Waals surface area contributed by atoms with Gasteiger partial charge in [-0.05, 0) is 314 Å². The summed E-state index contributed by atoms with van der Waals surface area (Å²) in [5.41, 5.74) is 39.1. The minimum Gasteiger partial charge on any atom is -0.340 e. The van der Waals surface area contributed by atoms with Crippen molar-refractivity contribution in [3.63, 3.8) is 0 Å². The van der Waals surface area contributed by atoms with Crippen molar-refractivity contribution in [1.29, 1.82) is 0 Å². The summed E-state index contributed by atoms with van der Waals surface area (Å²) < 4.78 is 9.44. The van der Waals surface area contributed by atoms with E-state index in [2.05, 4.69) is 325 Å². The van der Waals surface area contributed by atoms with Crippen LogP contribution in [0.15, 0.2) is 286 Å². The van der Waals surface area contributed by atoms with Crippen LogP contribution in [0.3, 0.4) is 0 Å². The quantitative estimate of drug-likeness (QED) is 0.0598. The van der Waals surface area contributed by atoms with Crippen LogP contribution in [0.1, 0.15) is 309 Å². The first kappa shape index (κ1) is 105. The van der Waals surface area contributed by atoms with Crippen molar-refractivity contribution >= 4 is 0 Å². The van der Waals surface area contributed by atoms with Gasteiger partial charge in [0, 0.05) is 153 Å². The average molecular weight is 2570 g/mol. The Bertz CT molecular complexity index is 6520. The molecule has 6 aliphatic rings. The smallest absolute Gasteiger partial charge is 0.0602 e. The summed E-state index contributed by atoms with van der Waals surface area (Å²) in [5.74, 6) is 9.34. The van der Waals surface area contributed by atoms with Crippen molar-refractivity contribution in [3.8, 4) is 113 Å². The van der Waals surface area contributed by atoms with Crippen molar-refractivity contribution in [2.24, 2.45) is 11.8 Å². The Morgan fingerprint density at radius 3 is 0.738 bits per heavy atom. The van der Waals surface area contributed by atoms with Gasteiger partial charge in [0.15, 0.2) is 0 Å². The van der Waals surface area contributed by atoms with Gasteiger partial charge in [-0.2, -0.15) is 0 Å². The third-order valence-electron chi connectivity index (χ3n) is 30.3. The van der Waals surface area contributed by atoms with E-state index in [1.165, 1.54) is 294 Å². The molecule has 0 bridgehead atoms. The molecule has 6 fully saturated rings. The Morgan fingerprint density at radius 1 is 0.255 bits per heavy atom. The van der Waals surface area contributed by atoms with Gasteiger partial charge >= 0.3 is 0 Å². The molecule has 0 N–H and O–H groups in total. The van der Waals surface area contributed by atoms with Gasteiger partial charge in [0.2, 0.25) is 0 Å². The predicted octanol–water partition coefficient (Wildman–Crippen LogP) is 34.7. The summed E-state index contributed by atoms with van der Waals surface area (Å²) in [4.78, 5) is 19.2. The maximum Gasteiger partial charge on any atom is 0.0602 e. The standard InChI is InChI=1S/C34H37N2.C33H35N2.C31H31N2.C31H35N2.4Ir/c1-24(2)25-16-18-26(19-17-25)30-22-31(27-10-6-7-11-27)33(32(23-30)28-12-8-9-13-28)36-21-20-35-34(36)29-14-4-3-5-15-29;1-23-18-24(2)20-28(19-23)29-21-30(25-10-6-7-11-25)32(31(22-29)26-12-8-9-13-26)35-17-16-34-33(35)27-14-4-3-5-15-27;1-3-11-23(12-4-1)27-21-28(24-13-7-8-14-24)30(29(22-27)25-15-9-10-16-25)33-20-19-32-31(33)26-17-5-2-6-18-26;1-21(2)14-28-19-27(26-17-23(5)16-24(6)18-26)20-29(15-22(3)4)30(28)33-13-12-32-31(33)25-10-8-7-9-11-25;;;;/h3-5,14,16-24,27-28H,6-13H2,1-2H3;3-5,14,16-22,25-26H,6-13H2,1-2H3;1-6,11-12,17,19-22,24-25H,7-10,13-16H2;7-10,12-13,16-22H,14-15H2,1-6H3;;;;/q4*-1;;;;. The first-order valence-corrected chi connectivity index (χ1v) is 52.1. The van der Waals surface area contributed by atoms with Gasteiger partial charge in [0.05, 0.1) is 23.3 Å². The van der Waals surface area contributed by atoms with Crippen molar-refractivity contribution in [1.82, 2.24) is 38.2 Å². The van der Waals surface area contributed by atoms with E-state index in [0.717, 1.165) is 58.4 Å². The summed E-state index contributed by atoms with van der Waals surface area (Å²) in [5, 5.41) is 0. The molecule has 0 unspecified atom stereocenters. The summed E-state index contributed by atoms with van der Waals surface area (Å²) >= 11 is 0. The monoisotopic (exact) mass is 2570 g/mol. The van der Waals surface area contributed by atoms with E-state index in [9.17, 15) is 0 Å². The number of benzene rings is 12. The fraction of sp³-hybridized carbons (Fsp3) is 0.349. The zero-order chi connectivity index (χ0) is 93.8. The van der Waals surface area contributed by atoms with E-state index < -0.39 is 0 Å². The molecule has 0 aliphatic heterocycles. The molecule has 22 rings (SSSR count). The predicted molar refractivity (Wildman–Crippen MR) is 570 cm³/mol. The molecule has 6 aliphatic carbocycles. The summed E-state index contributed by atoms with van der Waals surface area (Å²) in [6.07, 6.45) is 49.9. The Balaban J connectivity index is 0.000000141. The number of nitrogens with zero attached hydrogens (tertiary/aromatic N) is 8. The van der Waals surface area contributed by atoms with Crippen LogP contribution < -0.4 is 0 Å². The second kappa shape index (κ2) is 49.6. The van der Waals surface area contributed by atoms with E-state index in [1.807, 2.05) is 73.3 Å². The fourth-order valence-electron chi connectivity index (χ4n) is 23.9. The SMILES string of the molecule is CC(C)c1ccc(-c2cc(C3CCCC3)c(-n3ccnc3-c3[c-]cccc3)c(C3CCCC3)c2)cc1.Cc1cc(C)cc(-c2cc(C3CCCC3)c(-n3ccnc3-c3[c-]cccc3)c(C3CCCC3)c2)c1.Cc1cc(C)cc(-c2cc(CC(C)C)c(-n3ccnc3-c3[c-]cccc3)c(CC(C)C)c2)c1.[Ir].[Ir].[Ir].[Ir].[c-]1ccccc1-c1nccn1-c1c(C2CCCC2)cc(-c2ccccc2)cc1C1CCCC1. The third-order valence-corrected chi connectivity index (χ3v) is 30.3. The van der Waals surface area contributed by atoms with E-state index in [-0.39, 0.29) is 80.4 Å². The number of hydrogen-bond acceptors (Lipinski definition) is 4. The van der Waals surface area contributed by atoms with Gasteiger partial charge < -0.3 is 18.3 Å². The Morgan fingerprint density at radius 2 is 0.489 bits per heavy atom. The molecule has 16 aromatic rings. The maximum absolute atomic E-state index is 4.84. The van der Waals surface area contributed by atoms with Crippen LogP contribution in [0.5, 0.6) is 0 Å². The molecule has 0 amide bonds. The van der Waals surface area contributed by atoms with E-state index in [4.69, 9.17) is 19.9 Å². The van der Waals surface area contributed by atoms with E-state index in [1.54, 1.807) is 0 Å². The first-order chi connectivity index (χ1) is 67.1. The molecule has 0 atom stereocenters. The van der Waals surface area contributed by atoms with Gasteiger partial charge in [-0.15, -0.1) is 144 Å². The van der Waals surface area contributed by atoms with Crippen LogP contribution in [-0.2, 0) is 93.3 Å². The Labute approximate surface area is 895 Å². The molecule has 4 radical (unpaired) electrons. The molecule has 734 valence electrons. The molecular formula is C129H138Ir4N8-4. The van der Waals surface area contributed by atoms with Gasteiger partial charge in [-0.3, -0.25) is 19.9 Å². The summed E-state index contributed by atoms with van der Waals surface area (Å²) in [7, 11) is 0. The van der Waals surface area contributed by atoms with Crippen LogP contribution >= 0.6 is 0 Å². The van der Waals surface area contributed by atoms with Gasteiger partial charge in [0.25, 0.3) is 0 Å². The summed E-state index contributed by atoms with van der Waals surface area (Å²) in [6.45, 7) is 22.5. The molecule has 12 heteroatoms. The van der Waals surface area contributed by atoms with Crippen molar-refractivity contribution in [2.45, 2.75) is 278 Å². The Kier molecular flexibility index (Phi) is 37.1. The fourth-order valence-corrected chi connectivity index (χ4v) is 23.9. The van der Waals surface area contributed by atoms with Crippen LogP contribution in [0.4, 0.5) is 0 Å². The molecule has 12 aromatic carbocycles. The van der Waals surface area contributed by atoms with E-state index in [0.29, 0.717) is 53.3 Å². The van der Waals surface area contributed by atoms with Crippen LogP contribution in [0.2, 0.25) is 0 Å². The second-order valence-electron chi connectivity index (χ2n) is 41.7. The zero-order valence-electron chi connectivity index (χ0n) is 84.1. The molecule has 0 saturated heterocycles. The molecule has 4 heterocycles. The molecule has 6 saturated carbocycles. The van der Waals surface area contributed by atoms with Crippen LogP contribution in [-0.4, -0.2) is 38.2 Å². The average Bonchev–Trinajstić information content (AvgIpc) is 1.55. The Hall–Kier alpha value is -9.92. The van der Waals surface area contributed by atoms with E-state index >= 15 is 0 Å². The van der Waals surface area contributed by atoms with Gasteiger partial charge in [-0.1, -0.05) is 232 Å². The van der Waals surface area contributed by atoms with Crippen molar-refractivity contribution in [3.05, 3.63) is 383 Å². The second-order valence-corrected chi connectivity index (χ2v) is 41.7. The van der Waals surface area contributed by atoms with Gasteiger partial charge in [0.1, 0.15) is 0 Å². The molecular weight excluding hydrogens is 2430 g/mol. The van der Waals surface area contributed by atoms with Gasteiger partial charge in [-0.25, -0.2) is 0 Å². The minimum atomic E-state index is 0. The largest absolute Gasteiger partial charge is 0.340 e. The topological polar surface area (TPSA) is 71.3 Å². The maximum atomic E-state index is 4.84. The number of aryl methyl sites for hydroxylation is 4. The zero-order valence-corrected chi connectivity index (χ0v) is 93.7. The van der Waals surface area contributed by atoms with Crippen molar-refractivity contribution < 1.29 is 80.4 Å². The third kappa shape index (κ3) is 24.7. The number of rotatable bonds is 23. The van der Waals surface area contributed by atoms with Crippen LogP contribution in [0, 0.1) is 63.8 Å². The normalized spacial score (nSPS) is 15.2. The first-order valence-electron chi connectivity index (χ1n) is 52.1. The molecule has 0 spiro atoms. The number of imidazole rings is 4. The molecule has 4 aromatic heterocycles. The molecule has 8 nitrogen and oxygen atoms in total. The number of hydrogen-bond donors (Lipinski definition) is 0. The molecule has 141 heavy (non-hydrogen) atoms. The summed E-state index contributed by atoms with van der Waals surface area (Å²) in [6, 6.07) is 100. The van der Waals surface area contributed by atoms with Crippen molar-refractivity contribution in [2.75, 3.05) is 0 Å². The minimum absolute atomic E-state index is 0. The van der Waals surface area contributed by atoms with Crippen LogP contribution in [0.25, 0.3) is 113 Å². The number of aromatic nitrogens is 8.